The third-order valence-electron chi connectivity index (χ3n) is 8.03. The van der Waals surface area contributed by atoms with E-state index >= 15 is 0 Å². The van der Waals surface area contributed by atoms with Crippen molar-refractivity contribution in [2.75, 3.05) is 19.6 Å². The maximum atomic E-state index is 14.6. The minimum Gasteiger partial charge on any atom is -0.497 e. The fourth-order valence-electron chi connectivity index (χ4n) is 6.13. The molecule has 0 bridgehead atoms. The molecule has 0 saturated heterocycles. The first-order valence-corrected chi connectivity index (χ1v) is 13.5. The summed E-state index contributed by atoms with van der Waals surface area (Å²) in [6, 6.07) is 23.5. The van der Waals surface area contributed by atoms with Gasteiger partial charge in [-0.2, -0.15) is 5.10 Å². The zero-order valence-electron chi connectivity index (χ0n) is 22.3. The Hall–Kier alpha value is -4.39. The number of ether oxygens (including phenoxy) is 2. The molecule has 0 radical (unpaired) electrons. The van der Waals surface area contributed by atoms with Gasteiger partial charge in [0.05, 0.1) is 37.4 Å². The molecule has 1 fully saturated rings. The molecule has 2 aliphatic carbocycles. The maximum Gasteiger partial charge on any atom is 0.263 e. The number of benzene rings is 3. The van der Waals surface area contributed by atoms with Gasteiger partial charge in [0.15, 0.2) is 0 Å². The van der Waals surface area contributed by atoms with Crippen molar-refractivity contribution in [2.45, 2.75) is 43.9 Å². The SMILES string of the molecule is COc1ccc(/C=N/Nc2nc3c(c(=O)n2-c2cccc(OC)c2)C2(CCCCC2)Cc2ccccc2-3)cc1. The van der Waals surface area contributed by atoms with E-state index in [1.165, 1.54) is 12.0 Å². The summed E-state index contributed by atoms with van der Waals surface area (Å²) in [6.45, 7) is 0. The number of fused-ring (bicyclic) bond motifs is 4. The first kappa shape index (κ1) is 24.9. The quantitative estimate of drug-likeness (QED) is 0.245. The van der Waals surface area contributed by atoms with Crippen LogP contribution in [0.4, 0.5) is 5.95 Å². The zero-order chi connectivity index (χ0) is 26.8. The number of anilines is 1. The molecule has 3 aromatic carbocycles. The molecule has 0 atom stereocenters. The summed E-state index contributed by atoms with van der Waals surface area (Å²) in [7, 11) is 3.26. The average molecular weight is 521 g/mol. The van der Waals surface area contributed by atoms with Crippen LogP contribution in [0.25, 0.3) is 16.9 Å². The van der Waals surface area contributed by atoms with Crippen molar-refractivity contribution in [3.8, 4) is 28.4 Å². The molecular weight excluding hydrogens is 488 g/mol. The zero-order valence-corrected chi connectivity index (χ0v) is 22.3. The molecule has 0 amide bonds. The van der Waals surface area contributed by atoms with Crippen LogP contribution < -0.4 is 20.5 Å². The Labute approximate surface area is 228 Å². The lowest BCUT2D eigenvalue weighted by atomic mass is 9.62. The Kier molecular flexibility index (Phi) is 6.65. The van der Waals surface area contributed by atoms with E-state index in [0.29, 0.717) is 17.4 Å². The van der Waals surface area contributed by atoms with Crippen LogP contribution >= 0.6 is 0 Å². The minimum absolute atomic E-state index is 0.0493. The molecule has 6 rings (SSSR count). The normalized spacial score (nSPS) is 15.5. The largest absolute Gasteiger partial charge is 0.497 e. The van der Waals surface area contributed by atoms with Crippen LogP contribution in [0.15, 0.2) is 82.7 Å². The highest BCUT2D eigenvalue weighted by atomic mass is 16.5. The van der Waals surface area contributed by atoms with Crippen LogP contribution in [0.5, 0.6) is 11.5 Å². The van der Waals surface area contributed by atoms with Gasteiger partial charge in [0.1, 0.15) is 11.5 Å². The van der Waals surface area contributed by atoms with Gasteiger partial charge >= 0.3 is 0 Å². The summed E-state index contributed by atoms with van der Waals surface area (Å²) >= 11 is 0. The Morgan fingerprint density at radius 1 is 0.923 bits per heavy atom. The molecule has 198 valence electrons. The van der Waals surface area contributed by atoms with Gasteiger partial charge in [-0.15, -0.1) is 0 Å². The molecule has 1 spiro atoms. The number of aromatic nitrogens is 2. The van der Waals surface area contributed by atoms with Crippen LogP contribution in [0.2, 0.25) is 0 Å². The average Bonchev–Trinajstić information content (AvgIpc) is 2.98. The van der Waals surface area contributed by atoms with Crippen molar-refractivity contribution in [3.05, 3.63) is 99.8 Å². The van der Waals surface area contributed by atoms with Crippen LogP contribution in [0, 0.1) is 0 Å². The number of hydrogen-bond donors (Lipinski definition) is 1. The van der Waals surface area contributed by atoms with Crippen LogP contribution in [0.1, 0.15) is 48.8 Å². The van der Waals surface area contributed by atoms with E-state index in [-0.39, 0.29) is 11.0 Å². The van der Waals surface area contributed by atoms with Gasteiger partial charge in [0.25, 0.3) is 5.56 Å². The number of nitrogens with zero attached hydrogens (tertiary/aromatic N) is 3. The van der Waals surface area contributed by atoms with E-state index < -0.39 is 0 Å². The maximum absolute atomic E-state index is 14.6. The lowest BCUT2D eigenvalue weighted by Gasteiger charge is -2.42. The molecule has 7 nitrogen and oxygen atoms in total. The monoisotopic (exact) mass is 520 g/mol. The fraction of sp³-hybridized carbons (Fsp3) is 0.281. The Morgan fingerprint density at radius 2 is 1.69 bits per heavy atom. The molecule has 1 N–H and O–H groups in total. The van der Waals surface area contributed by atoms with Crippen molar-refractivity contribution < 1.29 is 9.47 Å². The highest BCUT2D eigenvalue weighted by Gasteiger charge is 2.43. The molecule has 1 heterocycles. The molecular formula is C32H32N4O3. The summed E-state index contributed by atoms with van der Waals surface area (Å²) in [5.41, 5.74) is 8.28. The third-order valence-corrected chi connectivity index (χ3v) is 8.03. The van der Waals surface area contributed by atoms with Crippen molar-refractivity contribution in [1.82, 2.24) is 9.55 Å². The van der Waals surface area contributed by atoms with Crippen LogP contribution in [-0.4, -0.2) is 30.0 Å². The van der Waals surface area contributed by atoms with Gasteiger partial charge in [-0.25, -0.2) is 15.0 Å². The molecule has 0 aliphatic heterocycles. The molecule has 7 heteroatoms. The highest BCUT2D eigenvalue weighted by molar-refractivity contribution is 5.80. The summed E-state index contributed by atoms with van der Waals surface area (Å²) in [5, 5.41) is 4.48. The Balaban J connectivity index is 1.53. The predicted molar refractivity (Wildman–Crippen MR) is 154 cm³/mol. The minimum atomic E-state index is -0.211. The summed E-state index contributed by atoms with van der Waals surface area (Å²) in [5.74, 6) is 1.81. The van der Waals surface area contributed by atoms with E-state index in [4.69, 9.17) is 14.5 Å². The van der Waals surface area contributed by atoms with Gasteiger partial charge in [-0.1, -0.05) is 49.6 Å². The number of nitrogens with one attached hydrogen (secondary N) is 1. The second-order valence-electron chi connectivity index (χ2n) is 10.3. The van der Waals surface area contributed by atoms with Crippen LogP contribution in [0.3, 0.4) is 0 Å². The number of rotatable bonds is 6. The van der Waals surface area contributed by atoms with Crippen LogP contribution in [-0.2, 0) is 11.8 Å². The van der Waals surface area contributed by atoms with Gasteiger partial charge in [-0.05, 0) is 66.8 Å². The van der Waals surface area contributed by atoms with E-state index in [1.807, 2.05) is 54.6 Å². The number of hydrogen-bond acceptors (Lipinski definition) is 6. The molecule has 1 aromatic heterocycles. The second kappa shape index (κ2) is 10.4. The van der Waals surface area contributed by atoms with Gasteiger partial charge < -0.3 is 9.47 Å². The third kappa shape index (κ3) is 4.58. The molecule has 2 aliphatic rings. The van der Waals surface area contributed by atoms with Crippen molar-refractivity contribution in [1.29, 1.82) is 0 Å². The van der Waals surface area contributed by atoms with Gasteiger partial charge in [-0.3, -0.25) is 4.79 Å². The van der Waals surface area contributed by atoms with Crippen molar-refractivity contribution in [2.24, 2.45) is 5.10 Å². The summed E-state index contributed by atoms with van der Waals surface area (Å²) in [6.07, 6.45) is 8.00. The smallest absolute Gasteiger partial charge is 0.263 e. The molecule has 1 saturated carbocycles. The van der Waals surface area contributed by atoms with Crippen molar-refractivity contribution in [3.63, 3.8) is 0 Å². The standard InChI is InChI=1S/C32H32N4O3/c1-38-25-15-13-22(14-16-25)21-33-35-31-34-29-27-12-5-4-9-23(27)20-32(17-6-3-7-18-32)28(29)30(37)36(31)24-10-8-11-26(19-24)39-2/h4-5,8-16,19,21H,3,6-7,17-18,20H2,1-2H3,(H,34,35)/b33-21+. The molecule has 4 aromatic rings. The highest BCUT2D eigenvalue weighted by Crippen LogP contribution is 2.48. The van der Waals surface area contributed by atoms with E-state index in [1.54, 1.807) is 25.0 Å². The van der Waals surface area contributed by atoms with Crippen molar-refractivity contribution >= 4 is 12.2 Å². The Bertz CT molecular complexity index is 1580. The number of hydrazone groups is 1. The lowest BCUT2D eigenvalue weighted by Crippen LogP contribution is -2.42. The molecule has 39 heavy (non-hydrogen) atoms. The Morgan fingerprint density at radius 3 is 2.46 bits per heavy atom. The fourth-order valence-corrected chi connectivity index (χ4v) is 6.13. The first-order valence-electron chi connectivity index (χ1n) is 13.5. The summed E-state index contributed by atoms with van der Waals surface area (Å²) in [4.78, 5) is 19.7. The van der Waals surface area contributed by atoms with E-state index in [0.717, 1.165) is 60.2 Å². The number of methoxy groups -OCH3 is 2. The topological polar surface area (TPSA) is 77.7 Å². The predicted octanol–water partition coefficient (Wildman–Crippen LogP) is 6.12. The summed E-state index contributed by atoms with van der Waals surface area (Å²) < 4.78 is 12.4. The first-order chi connectivity index (χ1) is 19.1. The van der Waals surface area contributed by atoms with E-state index in [9.17, 15) is 4.79 Å². The van der Waals surface area contributed by atoms with Gasteiger partial charge in [0.2, 0.25) is 5.95 Å². The van der Waals surface area contributed by atoms with E-state index in [2.05, 4.69) is 28.7 Å². The van der Waals surface area contributed by atoms with Gasteiger partial charge in [0, 0.05) is 17.0 Å². The lowest BCUT2D eigenvalue weighted by molar-refractivity contribution is 0.284. The second-order valence-corrected chi connectivity index (χ2v) is 10.3. The molecule has 0 unspecified atom stereocenters.